The number of carbonyl (C=O) groups excluding carboxylic acids is 1. The summed E-state index contributed by atoms with van der Waals surface area (Å²) in [4.78, 5) is 13.6. The van der Waals surface area contributed by atoms with Crippen molar-refractivity contribution in [2.24, 2.45) is 0 Å². The Hall–Kier alpha value is -2.49. The van der Waals surface area contributed by atoms with E-state index in [0.29, 0.717) is 13.2 Å². The first-order chi connectivity index (χ1) is 10.6. The standard InChI is InChI=1S/C18H22N2O2/c1-14-9-10-17(13-15(14)2)22-12-11-19-18(21)20(3)16-7-5-4-6-8-16/h4-10,13H,11-12H2,1-3H3,(H,19,21). The summed E-state index contributed by atoms with van der Waals surface area (Å²) in [6.45, 7) is 5.03. The van der Waals surface area contributed by atoms with E-state index in [1.807, 2.05) is 48.5 Å². The fourth-order valence-electron chi connectivity index (χ4n) is 2.02. The number of hydrogen-bond acceptors (Lipinski definition) is 2. The maximum absolute atomic E-state index is 12.0. The Kier molecular flexibility index (Phi) is 5.42. The van der Waals surface area contributed by atoms with Crippen molar-refractivity contribution in [2.75, 3.05) is 25.1 Å². The van der Waals surface area contributed by atoms with Gasteiger partial charge in [-0.2, -0.15) is 0 Å². The third kappa shape index (κ3) is 4.25. The molecule has 22 heavy (non-hydrogen) atoms. The zero-order valence-electron chi connectivity index (χ0n) is 13.3. The Balaban J connectivity index is 1.76. The number of amides is 2. The zero-order chi connectivity index (χ0) is 15.9. The van der Waals surface area contributed by atoms with Crippen LogP contribution in [0.5, 0.6) is 5.75 Å². The van der Waals surface area contributed by atoms with Crippen molar-refractivity contribution in [3.63, 3.8) is 0 Å². The van der Waals surface area contributed by atoms with Gasteiger partial charge in [0.1, 0.15) is 12.4 Å². The van der Waals surface area contributed by atoms with Gasteiger partial charge in [-0.3, -0.25) is 4.90 Å². The smallest absolute Gasteiger partial charge is 0.321 e. The zero-order valence-corrected chi connectivity index (χ0v) is 13.3. The van der Waals surface area contributed by atoms with Gasteiger partial charge in [-0.05, 0) is 49.2 Å². The van der Waals surface area contributed by atoms with E-state index >= 15 is 0 Å². The SMILES string of the molecule is Cc1ccc(OCCNC(=O)N(C)c2ccccc2)cc1C. The van der Waals surface area contributed by atoms with Crippen LogP contribution < -0.4 is 15.0 Å². The second-order valence-corrected chi connectivity index (χ2v) is 5.22. The fourth-order valence-corrected chi connectivity index (χ4v) is 2.02. The van der Waals surface area contributed by atoms with Gasteiger partial charge in [0.2, 0.25) is 0 Å². The lowest BCUT2D eigenvalue weighted by atomic mass is 10.1. The Bertz CT molecular complexity index is 626. The molecule has 116 valence electrons. The van der Waals surface area contributed by atoms with Gasteiger partial charge in [-0.1, -0.05) is 24.3 Å². The number of urea groups is 1. The van der Waals surface area contributed by atoms with Crippen molar-refractivity contribution >= 4 is 11.7 Å². The van der Waals surface area contributed by atoms with Crippen LogP contribution in [0.15, 0.2) is 48.5 Å². The molecule has 0 saturated heterocycles. The van der Waals surface area contributed by atoms with Crippen LogP contribution in [0.3, 0.4) is 0 Å². The highest BCUT2D eigenvalue weighted by Crippen LogP contribution is 2.16. The number of nitrogens with zero attached hydrogens (tertiary/aromatic N) is 1. The summed E-state index contributed by atoms with van der Waals surface area (Å²) in [5.41, 5.74) is 3.30. The molecule has 0 aliphatic carbocycles. The minimum Gasteiger partial charge on any atom is -0.492 e. The fraction of sp³-hybridized carbons (Fsp3) is 0.278. The van der Waals surface area contributed by atoms with Gasteiger partial charge in [-0.15, -0.1) is 0 Å². The van der Waals surface area contributed by atoms with Gasteiger partial charge < -0.3 is 10.1 Å². The second-order valence-electron chi connectivity index (χ2n) is 5.22. The summed E-state index contributed by atoms with van der Waals surface area (Å²) in [7, 11) is 1.74. The van der Waals surface area contributed by atoms with Gasteiger partial charge in [0.25, 0.3) is 0 Å². The molecule has 0 spiro atoms. The van der Waals surface area contributed by atoms with Gasteiger partial charge in [0.05, 0.1) is 6.54 Å². The molecule has 0 fully saturated rings. The van der Waals surface area contributed by atoms with Crippen LogP contribution in [0, 0.1) is 13.8 Å². The average molecular weight is 298 g/mol. The lowest BCUT2D eigenvalue weighted by Gasteiger charge is -2.18. The molecule has 4 heteroatoms. The van der Waals surface area contributed by atoms with Crippen molar-refractivity contribution in [3.8, 4) is 5.75 Å². The van der Waals surface area contributed by atoms with Gasteiger partial charge in [-0.25, -0.2) is 4.79 Å². The third-order valence-electron chi connectivity index (χ3n) is 3.57. The lowest BCUT2D eigenvalue weighted by Crippen LogP contribution is -2.39. The van der Waals surface area contributed by atoms with E-state index in [4.69, 9.17) is 4.74 Å². The Morgan fingerprint density at radius 3 is 2.50 bits per heavy atom. The maximum Gasteiger partial charge on any atom is 0.321 e. The molecule has 0 aromatic heterocycles. The highest BCUT2D eigenvalue weighted by atomic mass is 16.5. The largest absolute Gasteiger partial charge is 0.492 e. The second kappa shape index (κ2) is 7.50. The van der Waals surface area contributed by atoms with Crippen molar-refractivity contribution in [2.45, 2.75) is 13.8 Å². The summed E-state index contributed by atoms with van der Waals surface area (Å²) in [5.74, 6) is 0.828. The van der Waals surface area contributed by atoms with Crippen LogP contribution in [-0.2, 0) is 0 Å². The summed E-state index contributed by atoms with van der Waals surface area (Å²) < 4.78 is 5.64. The predicted molar refractivity (Wildman–Crippen MR) is 89.7 cm³/mol. The Morgan fingerprint density at radius 2 is 1.82 bits per heavy atom. The molecule has 2 amide bonds. The van der Waals surface area contributed by atoms with Gasteiger partial charge >= 0.3 is 6.03 Å². The number of ether oxygens (including phenoxy) is 1. The van der Waals surface area contributed by atoms with E-state index in [1.54, 1.807) is 11.9 Å². The van der Waals surface area contributed by atoms with Crippen molar-refractivity contribution in [1.29, 1.82) is 0 Å². The van der Waals surface area contributed by atoms with Crippen LogP contribution in [0.25, 0.3) is 0 Å². The molecule has 0 aliphatic rings. The molecule has 0 aliphatic heterocycles. The number of anilines is 1. The minimum absolute atomic E-state index is 0.144. The lowest BCUT2D eigenvalue weighted by molar-refractivity contribution is 0.243. The molecular formula is C18H22N2O2. The third-order valence-corrected chi connectivity index (χ3v) is 3.57. The molecule has 2 aromatic carbocycles. The molecule has 0 atom stereocenters. The summed E-state index contributed by atoms with van der Waals surface area (Å²) >= 11 is 0. The molecule has 4 nitrogen and oxygen atoms in total. The van der Waals surface area contributed by atoms with E-state index in [0.717, 1.165) is 11.4 Å². The molecule has 0 radical (unpaired) electrons. The number of rotatable bonds is 5. The normalized spacial score (nSPS) is 10.1. The number of carbonyl (C=O) groups is 1. The quantitative estimate of drug-likeness (QED) is 0.858. The van der Waals surface area contributed by atoms with E-state index in [1.165, 1.54) is 11.1 Å². The highest BCUT2D eigenvalue weighted by molar-refractivity contribution is 5.91. The maximum atomic E-state index is 12.0. The van der Waals surface area contributed by atoms with E-state index in [2.05, 4.69) is 19.2 Å². The van der Waals surface area contributed by atoms with Gasteiger partial charge in [0.15, 0.2) is 0 Å². The Morgan fingerprint density at radius 1 is 1.09 bits per heavy atom. The van der Waals surface area contributed by atoms with Crippen molar-refractivity contribution in [3.05, 3.63) is 59.7 Å². The number of hydrogen-bond donors (Lipinski definition) is 1. The molecule has 0 bridgehead atoms. The summed E-state index contributed by atoms with van der Waals surface area (Å²) in [6, 6.07) is 15.4. The van der Waals surface area contributed by atoms with E-state index in [-0.39, 0.29) is 6.03 Å². The molecular weight excluding hydrogens is 276 g/mol. The molecule has 2 rings (SSSR count). The van der Waals surface area contributed by atoms with E-state index < -0.39 is 0 Å². The summed E-state index contributed by atoms with van der Waals surface area (Å²) in [6.07, 6.45) is 0. The first-order valence-electron chi connectivity index (χ1n) is 7.34. The number of benzene rings is 2. The van der Waals surface area contributed by atoms with Crippen LogP contribution >= 0.6 is 0 Å². The molecule has 0 saturated carbocycles. The highest BCUT2D eigenvalue weighted by Gasteiger charge is 2.09. The van der Waals surface area contributed by atoms with Crippen LogP contribution in [0.1, 0.15) is 11.1 Å². The monoisotopic (exact) mass is 298 g/mol. The Labute approximate surface area is 131 Å². The van der Waals surface area contributed by atoms with E-state index in [9.17, 15) is 4.79 Å². The minimum atomic E-state index is -0.144. The number of nitrogens with one attached hydrogen (secondary N) is 1. The summed E-state index contributed by atoms with van der Waals surface area (Å²) in [5, 5.41) is 2.84. The van der Waals surface area contributed by atoms with Crippen LogP contribution in [0.2, 0.25) is 0 Å². The average Bonchev–Trinajstić information content (AvgIpc) is 2.54. The molecule has 1 N–H and O–H groups in total. The number of para-hydroxylation sites is 1. The topological polar surface area (TPSA) is 41.6 Å². The van der Waals surface area contributed by atoms with Crippen LogP contribution in [-0.4, -0.2) is 26.2 Å². The molecule has 0 heterocycles. The predicted octanol–water partition coefficient (Wildman–Crippen LogP) is 3.53. The van der Waals surface area contributed by atoms with Crippen LogP contribution in [0.4, 0.5) is 10.5 Å². The molecule has 2 aromatic rings. The van der Waals surface area contributed by atoms with Crippen molar-refractivity contribution < 1.29 is 9.53 Å². The first kappa shape index (κ1) is 15.9. The first-order valence-corrected chi connectivity index (χ1v) is 7.34. The number of aryl methyl sites for hydroxylation is 2. The van der Waals surface area contributed by atoms with Crippen molar-refractivity contribution in [1.82, 2.24) is 5.32 Å². The molecule has 0 unspecified atom stereocenters. The van der Waals surface area contributed by atoms with Gasteiger partial charge in [0, 0.05) is 12.7 Å².